The van der Waals surface area contributed by atoms with Crippen molar-refractivity contribution in [1.29, 1.82) is 10.8 Å². The van der Waals surface area contributed by atoms with E-state index in [0.717, 1.165) is 6.21 Å². The van der Waals surface area contributed by atoms with Crippen LogP contribution in [0, 0.1) is 10.8 Å². The molecule has 6 N–H and O–H groups in total. The molecule has 0 aliphatic heterocycles. The highest BCUT2D eigenvalue weighted by atomic mass is 14.8. The van der Waals surface area contributed by atoms with Crippen molar-refractivity contribution in [2.75, 3.05) is 0 Å². The molecule has 0 aliphatic carbocycles. The first-order chi connectivity index (χ1) is 3.68. The number of nitrogens with two attached hydrogens (primary N) is 2. The molecule has 0 aromatic rings. The molecule has 4 nitrogen and oxygen atoms in total. The van der Waals surface area contributed by atoms with Crippen LogP contribution in [0.3, 0.4) is 0 Å². The lowest BCUT2D eigenvalue weighted by molar-refractivity contribution is 1.36. The van der Waals surface area contributed by atoms with Crippen molar-refractivity contribution in [2.45, 2.75) is 0 Å². The summed E-state index contributed by atoms with van der Waals surface area (Å²) < 4.78 is 0. The number of hydrogen-bond donors (Lipinski definition) is 4. The van der Waals surface area contributed by atoms with Gasteiger partial charge in [-0.3, -0.25) is 5.41 Å². The summed E-state index contributed by atoms with van der Waals surface area (Å²) >= 11 is 0. The zero-order chi connectivity index (χ0) is 6.57. The highest BCUT2D eigenvalue weighted by molar-refractivity contribution is 5.96. The number of rotatable bonds is 2. The first kappa shape index (κ1) is 6.68. The van der Waals surface area contributed by atoms with Crippen LogP contribution >= 0.6 is 0 Å². The summed E-state index contributed by atoms with van der Waals surface area (Å²) in [5, 5.41) is 13.2. The van der Waals surface area contributed by atoms with Crippen molar-refractivity contribution in [1.82, 2.24) is 0 Å². The molecular weight excluding hydrogens is 104 g/mol. The van der Waals surface area contributed by atoms with Gasteiger partial charge in [0.2, 0.25) is 0 Å². The summed E-state index contributed by atoms with van der Waals surface area (Å²) in [6.07, 6.45) is 2.24. The molecule has 0 bridgehead atoms. The Labute approximate surface area is 47.2 Å². The summed E-state index contributed by atoms with van der Waals surface area (Å²) in [6.45, 7) is 0. The first-order valence-electron chi connectivity index (χ1n) is 1.99. The minimum atomic E-state index is -0.200. The quantitative estimate of drug-likeness (QED) is 0.283. The van der Waals surface area contributed by atoms with Crippen LogP contribution in [0.15, 0.2) is 11.8 Å². The number of allylic oxidation sites excluding steroid dienone is 1. The Balaban J connectivity index is 3.99. The van der Waals surface area contributed by atoms with Gasteiger partial charge < -0.3 is 16.9 Å². The van der Waals surface area contributed by atoms with Crippen LogP contribution in [0.1, 0.15) is 0 Å². The molecule has 0 aromatic carbocycles. The molecule has 8 heavy (non-hydrogen) atoms. The normalized spacial score (nSPS) is 10.8. The number of hydrogen-bond acceptors (Lipinski definition) is 3. The molecule has 0 heterocycles. The van der Waals surface area contributed by atoms with E-state index in [4.69, 9.17) is 22.3 Å². The van der Waals surface area contributed by atoms with Gasteiger partial charge in [-0.2, -0.15) is 0 Å². The zero-order valence-corrected chi connectivity index (χ0v) is 4.31. The van der Waals surface area contributed by atoms with Gasteiger partial charge in [0.25, 0.3) is 0 Å². The maximum Gasteiger partial charge on any atom is 0.139 e. The van der Waals surface area contributed by atoms with Gasteiger partial charge in [0.15, 0.2) is 0 Å². The first-order valence-corrected chi connectivity index (χ1v) is 1.99. The molecule has 4 heteroatoms. The van der Waals surface area contributed by atoms with Crippen LogP contribution in [0.4, 0.5) is 0 Å². The molecule has 0 rings (SSSR count). The minimum Gasteiger partial charge on any atom is -0.396 e. The third-order valence-electron chi connectivity index (χ3n) is 0.574. The minimum absolute atomic E-state index is 0.125. The van der Waals surface area contributed by atoms with Gasteiger partial charge in [-0.1, -0.05) is 0 Å². The van der Waals surface area contributed by atoms with E-state index in [-0.39, 0.29) is 11.5 Å². The second kappa shape index (κ2) is 2.79. The van der Waals surface area contributed by atoms with Crippen molar-refractivity contribution >= 4 is 12.1 Å². The van der Waals surface area contributed by atoms with Gasteiger partial charge in [-0.15, -0.1) is 0 Å². The molecule has 0 atom stereocenters. The van der Waals surface area contributed by atoms with E-state index in [2.05, 4.69) is 0 Å². The van der Waals surface area contributed by atoms with Crippen LogP contribution in [-0.2, 0) is 0 Å². The summed E-state index contributed by atoms with van der Waals surface area (Å²) in [7, 11) is 0. The van der Waals surface area contributed by atoms with Crippen molar-refractivity contribution in [2.24, 2.45) is 11.5 Å². The molecule has 0 fully saturated rings. The fourth-order valence-electron chi connectivity index (χ4n) is 0.180. The van der Waals surface area contributed by atoms with Gasteiger partial charge in [0.05, 0.1) is 5.70 Å². The van der Waals surface area contributed by atoms with Crippen LogP contribution in [0.5, 0.6) is 0 Å². The molecule has 0 radical (unpaired) electrons. The maximum absolute atomic E-state index is 6.68. The predicted molar refractivity (Wildman–Crippen MR) is 33.0 cm³/mol. The van der Waals surface area contributed by atoms with Gasteiger partial charge >= 0.3 is 0 Å². The van der Waals surface area contributed by atoms with Gasteiger partial charge in [-0.25, -0.2) is 0 Å². The van der Waals surface area contributed by atoms with Crippen LogP contribution in [0.2, 0.25) is 0 Å². The molecule has 0 aliphatic rings. The SMILES string of the molecule is N=C/C=C(\N)C(=N)N. The Morgan fingerprint density at radius 1 is 1.38 bits per heavy atom. The lowest BCUT2D eigenvalue weighted by atomic mass is 10.4. The van der Waals surface area contributed by atoms with E-state index >= 15 is 0 Å². The van der Waals surface area contributed by atoms with E-state index in [0.29, 0.717) is 0 Å². The van der Waals surface area contributed by atoms with Crippen molar-refractivity contribution in [3.63, 3.8) is 0 Å². The molecule has 0 aromatic heterocycles. The standard InChI is InChI=1S/C4H8N4/c5-2-1-3(6)4(7)8/h1-2,5H,6H2,(H3,7,8)/b3-1-,5-2?. The maximum atomic E-state index is 6.68. The second-order valence-corrected chi connectivity index (χ2v) is 1.20. The summed E-state index contributed by atoms with van der Waals surface area (Å²) in [6, 6.07) is 0. The highest BCUT2D eigenvalue weighted by Gasteiger charge is 1.87. The molecular formula is C4H8N4. The fourth-order valence-corrected chi connectivity index (χ4v) is 0.180. The molecule has 0 amide bonds. The molecule has 0 saturated carbocycles. The van der Waals surface area contributed by atoms with Crippen molar-refractivity contribution < 1.29 is 0 Å². The summed E-state index contributed by atoms with van der Waals surface area (Å²) in [5.74, 6) is -0.200. The third-order valence-corrected chi connectivity index (χ3v) is 0.574. The van der Waals surface area contributed by atoms with Crippen LogP contribution in [0.25, 0.3) is 0 Å². The van der Waals surface area contributed by atoms with E-state index < -0.39 is 0 Å². The van der Waals surface area contributed by atoms with Crippen LogP contribution < -0.4 is 11.5 Å². The Hall–Kier alpha value is -1.32. The van der Waals surface area contributed by atoms with Gasteiger partial charge in [0.1, 0.15) is 5.84 Å². The Bertz CT molecular complexity index is 135. The topological polar surface area (TPSA) is 99.7 Å². The van der Waals surface area contributed by atoms with Crippen LogP contribution in [-0.4, -0.2) is 12.1 Å². The number of nitrogens with one attached hydrogen (secondary N) is 2. The highest BCUT2D eigenvalue weighted by Crippen LogP contribution is 1.75. The van der Waals surface area contributed by atoms with E-state index in [1.54, 1.807) is 0 Å². The monoisotopic (exact) mass is 112 g/mol. The lowest BCUT2D eigenvalue weighted by Gasteiger charge is -1.91. The average Bonchev–Trinajstić information content (AvgIpc) is 1.67. The third kappa shape index (κ3) is 1.96. The largest absolute Gasteiger partial charge is 0.396 e. The Kier molecular flexibility index (Phi) is 2.33. The van der Waals surface area contributed by atoms with Crippen molar-refractivity contribution in [3.05, 3.63) is 11.8 Å². The molecule has 0 spiro atoms. The fraction of sp³-hybridized carbons (Fsp3) is 0. The molecule has 0 saturated heterocycles. The van der Waals surface area contributed by atoms with E-state index in [1.807, 2.05) is 0 Å². The zero-order valence-electron chi connectivity index (χ0n) is 4.31. The lowest BCUT2D eigenvalue weighted by Crippen LogP contribution is -2.19. The van der Waals surface area contributed by atoms with Gasteiger partial charge in [-0.05, 0) is 6.08 Å². The number of amidine groups is 1. The Morgan fingerprint density at radius 2 is 1.88 bits per heavy atom. The van der Waals surface area contributed by atoms with E-state index in [9.17, 15) is 0 Å². The average molecular weight is 112 g/mol. The Morgan fingerprint density at radius 3 is 2.00 bits per heavy atom. The molecule has 44 valence electrons. The summed E-state index contributed by atoms with van der Waals surface area (Å²) in [5.41, 5.74) is 10.1. The molecule has 0 unspecified atom stereocenters. The smallest absolute Gasteiger partial charge is 0.139 e. The van der Waals surface area contributed by atoms with Gasteiger partial charge in [0, 0.05) is 6.21 Å². The predicted octanol–water partition coefficient (Wildman–Crippen LogP) is -0.585. The summed E-state index contributed by atoms with van der Waals surface area (Å²) in [4.78, 5) is 0. The second-order valence-electron chi connectivity index (χ2n) is 1.20. The van der Waals surface area contributed by atoms with Crippen molar-refractivity contribution in [3.8, 4) is 0 Å². The van der Waals surface area contributed by atoms with E-state index in [1.165, 1.54) is 6.08 Å².